The molecule has 3 rings (SSSR count). The number of aromatic nitrogens is 2. The molecule has 4 nitrogen and oxygen atoms in total. The molecule has 1 aromatic heterocycles. The van der Waals surface area contributed by atoms with Gasteiger partial charge in [0.2, 0.25) is 0 Å². The number of rotatable bonds is 2. The summed E-state index contributed by atoms with van der Waals surface area (Å²) in [6.45, 7) is 2.14. The number of benzene rings is 1. The molecule has 1 heterocycles. The van der Waals surface area contributed by atoms with Crippen LogP contribution in [0.2, 0.25) is 0 Å². The zero-order valence-corrected chi connectivity index (χ0v) is 12.9. The topological polar surface area (TPSA) is 64.9 Å². The Hall–Kier alpha value is -0.880. The number of nitrogens with zero attached hydrogens (tertiary/aromatic N) is 2. The fourth-order valence-corrected chi connectivity index (χ4v) is 2.98. The second-order valence-corrected chi connectivity index (χ2v) is 6.60. The molecule has 0 radical (unpaired) electrons. The van der Waals surface area contributed by atoms with E-state index in [4.69, 9.17) is 10.3 Å². The van der Waals surface area contributed by atoms with E-state index in [1.54, 1.807) is 0 Å². The number of hydrogen-bond acceptors (Lipinski definition) is 4. The number of nitrogens with two attached hydrogens (primary N) is 1. The van der Waals surface area contributed by atoms with Crippen molar-refractivity contribution in [2.45, 2.75) is 25.2 Å². The maximum absolute atomic E-state index is 6.02. The lowest BCUT2D eigenvalue weighted by atomic mass is 10.1. The smallest absolute Gasteiger partial charge is 0.260 e. The largest absolute Gasteiger partial charge is 0.397 e. The maximum Gasteiger partial charge on any atom is 0.260 e. The quantitative estimate of drug-likeness (QED) is 0.812. The van der Waals surface area contributed by atoms with Gasteiger partial charge in [0.25, 0.3) is 5.89 Å². The lowest BCUT2D eigenvalue weighted by molar-refractivity contribution is 0.416. The van der Waals surface area contributed by atoms with Crippen LogP contribution in [-0.2, 0) is 5.41 Å². The van der Waals surface area contributed by atoms with Crippen molar-refractivity contribution in [1.29, 1.82) is 0 Å². The number of anilines is 1. The van der Waals surface area contributed by atoms with Gasteiger partial charge in [-0.05, 0) is 40.9 Å². The van der Waals surface area contributed by atoms with Crippen molar-refractivity contribution in [1.82, 2.24) is 10.1 Å². The van der Waals surface area contributed by atoms with Gasteiger partial charge < -0.3 is 10.3 Å². The fourth-order valence-electron chi connectivity index (χ4n) is 1.75. The van der Waals surface area contributed by atoms with Crippen molar-refractivity contribution < 1.29 is 4.52 Å². The number of halogens is 2. The van der Waals surface area contributed by atoms with Gasteiger partial charge in [0.15, 0.2) is 5.82 Å². The number of hydrogen-bond donors (Lipinski definition) is 1. The normalized spacial score (nSPS) is 16.8. The summed E-state index contributed by atoms with van der Waals surface area (Å²) in [5.74, 6) is 1.24. The molecule has 1 aliphatic carbocycles. The molecule has 0 atom stereocenters. The lowest BCUT2D eigenvalue weighted by Crippen LogP contribution is -2.02. The van der Waals surface area contributed by atoms with E-state index in [2.05, 4.69) is 48.9 Å². The minimum absolute atomic E-state index is 0.0970. The highest BCUT2D eigenvalue weighted by Crippen LogP contribution is 2.46. The van der Waals surface area contributed by atoms with E-state index in [1.165, 1.54) is 0 Å². The molecule has 1 aromatic carbocycles. The molecular formula is C12H11Br2N3O. The summed E-state index contributed by atoms with van der Waals surface area (Å²) >= 11 is 6.84. The molecule has 6 heteroatoms. The third-order valence-corrected chi connectivity index (χ3v) is 4.40. The third kappa shape index (κ3) is 1.97. The van der Waals surface area contributed by atoms with Crippen LogP contribution in [0.4, 0.5) is 5.69 Å². The summed E-state index contributed by atoms with van der Waals surface area (Å²) in [7, 11) is 0. The zero-order chi connectivity index (χ0) is 12.9. The molecule has 2 N–H and O–H groups in total. The SMILES string of the molecule is CC1(c2noc(-c3cc(Br)cc(Br)c3N)n2)CC1. The van der Waals surface area contributed by atoms with E-state index in [9.17, 15) is 0 Å². The second-order valence-electron chi connectivity index (χ2n) is 4.83. The summed E-state index contributed by atoms with van der Waals surface area (Å²) < 4.78 is 7.05. The van der Waals surface area contributed by atoms with E-state index >= 15 is 0 Å². The van der Waals surface area contributed by atoms with Crippen molar-refractivity contribution in [2.24, 2.45) is 0 Å². The van der Waals surface area contributed by atoms with E-state index in [0.29, 0.717) is 11.6 Å². The van der Waals surface area contributed by atoms with E-state index in [-0.39, 0.29) is 5.41 Å². The predicted molar refractivity (Wildman–Crippen MR) is 76.1 cm³/mol. The van der Waals surface area contributed by atoms with Gasteiger partial charge in [-0.2, -0.15) is 4.98 Å². The van der Waals surface area contributed by atoms with Crippen LogP contribution in [0.25, 0.3) is 11.5 Å². The fraction of sp³-hybridized carbons (Fsp3) is 0.333. The van der Waals surface area contributed by atoms with Gasteiger partial charge in [-0.15, -0.1) is 0 Å². The first-order valence-electron chi connectivity index (χ1n) is 5.59. The first-order valence-corrected chi connectivity index (χ1v) is 7.17. The average molecular weight is 373 g/mol. The first kappa shape index (κ1) is 12.2. The molecule has 1 aliphatic rings. The minimum Gasteiger partial charge on any atom is -0.397 e. The van der Waals surface area contributed by atoms with Crippen molar-refractivity contribution >= 4 is 37.5 Å². The molecule has 0 unspecified atom stereocenters. The molecule has 1 fully saturated rings. The summed E-state index contributed by atoms with van der Waals surface area (Å²) in [4.78, 5) is 4.46. The number of nitrogen functional groups attached to an aromatic ring is 1. The van der Waals surface area contributed by atoms with Gasteiger partial charge >= 0.3 is 0 Å². The van der Waals surface area contributed by atoms with Gasteiger partial charge in [-0.25, -0.2) is 0 Å². The van der Waals surface area contributed by atoms with Crippen molar-refractivity contribution in [3.63, 3.8) is 0 Å². The predicted octanol–water partition coefficient (Wildman–Crippen LogP) is 3.90. The minimum atomic E-state index is 0.0970. The average Bonchev–Trinajstić information content (AvgIpc) is 2.90. The van der Waals surface area contributed by atoms with Crippen LogP contribution >= 0.6 is 31.9 Å². The molecule has 94 valence electrons. The van der Waals surface area contributed by atoms with Gasteiger partial charge in [0.1, 0.15) is 0 Å². The summed E-state index contributed by atoms with van der Waals surface area (Å²) in [5.41, 5.74) is 7.47. The molecule has 18 heavy (non-hydrogen) atoms. The molecule has 0 amide bonds. The standard InChI is InChI=1S/C12H11Br2N3O/c1-12(2-3-12)11-16-10(18-17-11)7-4-6(13)5-8(14)9(7)15/h4-5H,2-3,15H2,1H3. The van der Waals surface area contributed by atoms with Gasteiger partial charge in [0.05, 0.1) is 11.3 Å². The summed E-state index contributed by atoms with van der Waals surface area (Å²) in [5, 5.41) is 4.05. The highest BCUT2D eigenvalue weighted by molar-refractivity contribution is 9.11. The third-order valence-electron chi connectivity index (χ3n) is 3.29. The lowest BCUT2D eigenvalue weighted by Gasteiger charge is -2.04. The van der Waals surface area contributed by atoms with Crippen molar-refractivity contribution in [2.75, 3.05) is 5.73 Å². The molecule has 0 saturated heterocycles. The second kappa shape index (κ2) is 4.06. The van der Waals surface area contributed by atoms with Crippen LogP contribution in [0.5, 0.6) is 0 Å². The molecule has 1 saturated carbocycles. The Bertz CT molecular complexity index is 620. The summed E-state index contributed by atoms with van der Waals surface area (Å²) in [6, 6.07) is 3.77. The Kier molecular flexibility index (Phi) is 2.75. The Morgan fingerprint density at radius 2 is 2.06 bits per heavy atom. The van der Waals surface area contributed by atoms with Crippen LogP contribution in [-0.4, -0.2) is 10.1 Å². The highest BCUT2D eigenvalue weighted by Gasteiger charge is 2.43. The molecule has 0 bridgehead atoms. The van der Waals surface area contributed by atoms with Crippen LogP contribution in [0.1, 0.15) is 25.6 Å². The molecule has 2 aromatic rings. The Balaban J connectivity index is 2.07. The summed E-state index contributed by atoms with van der Waals surface area (Å²) in [6.07, 6.45) is 2.23. The molecule has 0 spiro atoms. The van der Waals surface area contributed by atoms with E-state index in [1.807, 2.05) is 12.1 Å². The molecule has 0 aliphatic heterocycles. The Morgan fingerprint density at radius 3 is 2.72 bits per heavy atom. The maximum atomic E-state index is 6.02. The Labute approximate surface area is 121 Å². The van der Waals surface area contributed by atoms with Crippen molar-refractivity contribution in [3.05, 3.63) is 26.9 Å². The highest BCUT2D eigenvalue weighted by atomic mass is 79.9. The van der Waals surface area contributed by atoms with Crippen LogP contribution in [0.3, 0.4) is 0 Å². The van der Waals surface area contributed by atoms with Gasteiger partial charge in [-0.3, -0.25) is 0 Å². The van der Waals surface area contributed by atoms with Crippen molar-refractivity contribution in [3.8, 4) is 11.5 Å². The molecular weight excluding hydrogens is 362 g/mol. The first-order chi connectivity index (χ1) is 8.49. The van der Waals surface area contributed by atoms with E-state index in [0.717, 1.165) is 33.2 Å². The Morgan fingerprint density at radius 1 is 1.33 bits per heavy atom. The monoisotopic (exact) mass is 371 g/mol. The van der Waals surface area contributed by atoms with Crippen LogP contribution < -0.4 is 5.73 Å². The van der Waals surface area contributed by atoms with Gasteiger partial charge in [0, 0.05) is 14.4 Å². The van der Waals surface area contributed by atoms with Crippen LogP contribution in [0, 0.1) is 0 Å². The van der Waals surface area contributed by atoms with E-state index < -0.39 is 0 Å². The van der Waals surface area contributed by atoms with Gasteiger partial charge in [-0.1, -0.05) is 28.0 Å². The van der Waals surface area contributed by atoms with Crippen LogP contribution in [0.15, 0.2) is 25.6 Å². The zero-order valence-electron chi connectivity index (χ0n) is 9.70.